The number of carbonyl (C=O) groups is 1. The lowest BCUT2D eigenvalue weighted by atomic mass is 9.85. The van der Waals surface area contributed by atoms with Crippen molar-refractivity contribution in [2.75, 3.05) is 6.54 Å². The van der Waals surface area contributed by atoms with Crippen LogP contribution < -0.4 is 11.1 Å². The molecule has 0 aromatic carbocycles. The van der Waals surface area contributed by atoms with E-state index in [-0.39, 0.29) is 17.4 Å². The van der Waals surface area contributed by atoms with Crippen LogP contribution in [0, 0.1) is 16.7 Å². The summed E-state index contributed by atoms with van der Waals surface area (Å²) in [6.07, 6.45) is 0.658. The van der Waals surface area contributed by atoms with E-state index in [4.69, 9.17) is 11.0 Å². The van der Waals surface area contributed by atoms with Gasteiger partial charge < -0.3 is 11.1 Å². The molecule has 4 nitrogen and oxygen atoms in total. The summed E-state index contributed by atoms with van der Waals surface area (Å²) in [6.45, 7) is 6.41. The standard InChI is InChI=1S/C10H19N3O/c1-10(2,3)8(12)7-9(14)13-6-4-5-11/h8H,4,6-7,12H2,1-3H3,(H,13,14). The predicted molar refractivity (Wildman–Crippen MR) is 55.3 cm³/mol. The molecule has 0 saturated carbocycles. The normalized spacial score (nSPS) is 13.1. The highest BCUT2D eigenvalue weighted by Gasteiger charge is 2.22. The lowest BCUT2D eigenvalue weighted by Crippen LogP contribution is -2.40. The van der Waals surface area contributed by atoms with E-state index in [1.165, 1.54) is 0 Å². The van der Waals surface area contributed by atoms with Gasteiger partial charge in [-0.3, -0.25) is 4.79 Å². The van der Waals surface area contributed by atoms with E-state index < -0.39 is 0 Å². The summed E-state index contributed by atoms with van der Waals surface area (Å²) in [5, 5.41) is 10.9. The van der Waals surface area contributed by atoms with Crippen LogP contribution in [0.3, 0.4) is 0 Å². The fourth-order valence-electron chi connectivity index (χ4n) is 0.836. The van der Waals surface area contributed by atoms with Gasteiger partial charge in [0.2, 0.25) is 5.91 Å². The molecule has 1 atom stereocenters. The monoisotopic (exact) mass is 197 g/mol. The second kappa shape index (κ2) is 5.61. The van der Waals surface area contributed by atoms with Crippen molar-refractivity contribution in [1.82, 2.24) is 5.32 Å². The first-order valence-corrected chi connectivity index (χ1v) is 4.77. The molecule has 14 heavy (non-hydrogen) atoms. The maximum absolute atomic E-state index is 11.3. The molecule has 1 amide bonds. The van der Waals surface area contributed by atoms with Crippen LogP contribution in [-0.4, -0.2) is 18.5 Å². The van der Waals surface area contributed by atoms with E-state index in [2.05, 4.69) is 5.32 Å². The van der Waals surface area contributed by atoms with Gasteiger partial charge in [0.25, 0.3) is 0 Å². The molecule has 0 radical (unpaired) electrons. The van der Waals surface area contributed by atoms with Crippen LogP contribution in [0.2, 0.25) is 0 Å². The Morgan fingerprint density at radius 2 is 2.14 bits per heavy atom. The molecule has 0 fully saturated rings. The van der Waals surface area contributed by atoms with Crippen LogP contribution in [0.4, 0.5) is 0 Å². The zero-order chi connectivity index (χ0) is 11.2. The van der Waals surface area contributed by atoms with Crippen molar-refractivity contribution in [3.05, 3.63) is 0 Å². The first kappa shape index (κ1) is 12.9. The van der Waals surface area contributed by atoms with E-state index in [9.17, 15) is 4.79 Å². The van der Waals surface area contributed by atoms with Gasteiger partial charge in [0, 0.05) is 19.0 Å². The summed E-state index contributed by atoms with van der Waals surface area (Å²) < 4.78 is 0. The fraction of sp³-hybridized carbons (Fsp3) is 0.800. The summed E-state index contributed by atoms with van der Waals surface area (Å²) in [5.74, 6) is -0.0809. The lowest BCUT2D eigenvalue weighted by molar-refractivity contribution is -0.121. The molecule has 0 spiro atoms. The van der Waals surface area contributed by atoms with Crippen molar-refractivity contribution < 1.29 is 4.79 Å². The van der Waals surface area contributed by atoms with Crippen LogP contribution in [0.1, 0.15) is 33.6 Å². The molecule has 3 N–H and O–H groups in total. The summed E-state index contributed by atoms with van der Waals surface area (Å²) >= 11 is 0. The van der Waals surface area contributed by atoms with Crippen LogP contribution in [0.15, 0.2) is 0 Å². The number of rotatable bonds is 4. The van der Waals surface area contributed by atoms with Gasteiger partial charge in [-0.25, -0.2) is 0 Å². The van der Waals surface area contributed by atoms with Crippen LogP contribution in [0.5, 0.6) is 0 Å². The summed E-state index contributed by atoms with van der Waals surface area (Å²) in [7, 11) is 0. The molecule has 0 rings (SSSR count). The summed E-state index contributed by atoms with van der Waals surface area (Å²) in [6, 6.07) is 1.81. The predicted octanol–water partition coefficient (Wildman–Crippen LogP) is 0.780. The number of nitrogens with one attached hydrogen (secondary N) is 1. The fourth-order valence-corrected chi connectivity index (χ4v) is 0.836. The van der Waals surface area contributed by atoms with Gasteiger partial charge in [0.1, 0.15) is 0 Å². The highest BCUT2D eigenvalue weighted by molar-refractivity contribution is 5.76. The van der Waals surface area contributed by atoms with Gasteiger partial charge in [0.05, 0.1) is 12.5 Å². The molecule has 0 aromatic rings. The van der Waals surface area contributed by atoms with Gasteiger partial charge in [-0.15, -0.1) is 0 Å². The largest absolute Gasteiger partial charge is 0.355 e. The van der Waals surface area contributed by atoms with E-state index >= 15 is 0 Å². The minimum absolute atomic E-state index is 0.0629. The van der Waals surface area contributed by atoms with Gasteiger partial charge in [0.15, 0.2) is 0 Å². The van der Waals surface area contributed by atoms with Crippen molar-refractivity contribution in [2.45, 2.75) is 39.7 Å². The molecule has 0 aliphatic heterocycles. The van der Waals surface area contributed by atoms with Crippen LogP contribution >= 0.6 is 0 Å². The quantitative estimate of drug-likeness (QED) is 0.654. The molecular weight excluding hydrogens is 178 g/mol. The second-order valence-electron chi connectivity index (χ2n) is 4.43. The molecule has 0 aromatic heterocycles. The first-order chi connectivity index (χ1) is 6.38. The molecule has 80 valence electrons. The third kappa shape index (κ3) is 5.55. The second-order valence-corrected chi connectivity index (χ2v) is 4.43. The smallest absolute Gasteiger partial charge is 0.221 e. The Kier molecular flexibility index (Phi) is 5.18. The van der Waals surface area contributed by atoms with E-state index in [0.29, 0.717) is 19.4 Å². The SMILES string of the molecule is CC(C)(C)C(N)CC(=O)NCCC#N. The van der Waals surface area contributed by atoms with E-state index in [1.54, 1.807) is 0 Å². The third-order valence-electron chi connectivity index (χ3n) is 2.08. The highest BCUT2D eigenvalue weighted by atomic mass is 16.1. The molecule has 0 saturated heterocycles. The average Bonchev–Trinajstić information content (AvgIpc) is 2.03. The van der Waals surface area contributed by atoms with Crippen molar-refractivity contribution in [1.29, 1.82) is 5.26 Å². The van der Waals surface area contributed by atoms with Crippen molar-refractivity contribution in [3.8, 4) is 6.07 Å². The molecule has 0 heterocycles. The lowest BCUT2D eigenvalue weighted by Gasteiger charge is -2.26. The molecule has 4 heteroatoms. The number of nitriles is 1. The minimum Gasteiger partial charge on any atom is -0.355 e. The number of hydrogen-bond donors (Lipinski definition) is 2. The number of nitrogens with zero attached hydrogens (tertiary/aromatic N) is 1. The topological polar surface area (TPSA) is 78.9 Å². The zero-order valence-corrected chi connectivity index (χ0v) is 9.13. The van der Waals surface area contributed by atoms with Gasteiger partial charge >= 0.3 is 0 Å². The van der Waals surface area contributed by atoms with Gasteiger partial charge in [-0.1, -0.05) is 20.8 Å². The number of hydrogen-bond acceptors (Lipinski definition) is 3. The minimum atomic E-state index is -0.149. The molecule has 1 unspecified atom stereocenters. The first-order valence-electron chi connectivity index (χ1n) is 4.77. The van der Waals surface area contributed by atoms with Crippen LogP contribution in [0.25, 0.3) is 0 Å². The Labute approximate surface area is 85.5 Å². The third-order valence-corrected chi connectivity index (χ3v) is 2.08. The number of nitrogens with two attached hydrogens (primary N) is 1. The Morgan fingerprint density at radius 3 is 2.57 bits per heavy atom. The highest BCUT2D eigenvalue weighted by Crippen LogP contribution is 2.19. The average molecular weight is 197 g/mol. The van der Waals surface area contributed by atoms with Crippen LogP contribution in [-0.2, 0) is 4.79 Å². The maximum Gasteiger partial charge on any atom is 0.221 e. The van der Waals surface area contributed by atoms with Crippen molar-refractivity contribution >= 4 is 5.91 Å². The number of carbonyl (C=O) groups excluding carboxylic acids is 1. The Morgan fingerprint density at radius 1 is 1.57 bits per heavy atom. The molecule has 0 aliphatic rings. The van der Waals surface area contributed by atoms with Gasteiger partial charge in [-0.05, 0) is 5.41 Å². The maximum atomic E-state index is 11.3. The summed E-state index contributed by atoms with van der Waals surface area (Å²) in [5.41, 5.74) is 5.77. The number of amides is 1. The Bertz CT molecular complexity index is 225. The molecular formula is C10H19N3O. The molecule has 0 aliphatic carbocycles. The van der Waals surface area contributed by atoms with Crippen molar-refractivity contribution in [2.24, 2.45) is 11.1 Å². The Hall–Kier alpha value is -1.08. The zero-order valence-electron chi connectivity index (χ0n) is 9.13. The van der Waals surface area contributed by atoms with Crippen molar-refractivity contribution in [3.63, 3.8) is 0 Å². The van der Waals surface area contributed by atoms with E-state index in [0.717, 1.165) is 0 Å². The molecule has 0 bridgehead atoms. The summed E-state index contributed by atoms with van der Waals surface area (Å²) in [4.78, 5) is 11.3. The Balaban J connectivity index is 3.79. The van der Waals surface area contributed by atoms with Gasteiger partial charge in [-0.2, -0.15) is 5.26 Å². The van der Waals surface area contributed by atoms with E-state index in [1.807, 2.05) is 26.8 Å².